The number of hydrogen-bond donors (Lipinski definition) is 1. The van der Waals surface area contributed by atoms with Gasteiger partial charge in [-0.05, 0) is 55.3 Å². The average molecular weight is 417 g/mol. The van der Waals surface area contributed by atoms with Crippen molar-refractivity contribution in [3.63, 3.8) is 0 Å². The Balaban J connectivity index is 1.27. The molecule has 6 nitrogen and oxygen atoms in total. The van der Waals surface area contributed by atoms with E-state index in [1.165, 1.54) is 5.69 Å². The van der Waals surface area contributed by atoms with Crippen LogP contribution in [0.25, 0.3) is 0 Å². The van der Waals surface area contributed by atoms with E-state index in [2.05, 4.69) is 44.4 Å². The van der Waals surface area contributed by atoms with Gasteiger partial charge < -0.3 is 19.9 Å². The van der Waals surface area contributed by atoms with Crippen LogP contribution in [0.3, 0.4) is 0 Å². The van der Waals surface area contributed by atoms with Crippen molar-refractivity contribution in [1.82, 2.24) is 4.98 Å². The molecule has 1 aliphatic rings. The van der Waals surface area contributed by atoms with Gasteiger partial charge in [-0.1, -0.05) is 30.3 Å². The minimum absolute atomic E-state index is 0.0342. The van der Waals surface area contributed by atoms with Crippen molar-refractivity contribution < 1.29 is 9.53 Å². The Morgan fingerprint density at radius 2 is 1.71 bits per heavy atom. The number of pyridine rings is 1. The van der Waals surface area contributed by atoms with Crippen LogP contribution >= 0.6 is 0 Å². The zero-order valence-electron chi connectivity index (χ0n) is 18.0. The minimum atomic E-state index is -0.202. The number of anilines is 3. The van der Waals surface area contributed by atoms with Gasteiger partial charge in [-0.15, -0.1) is 0 Å². The summed E-state index contributed by atoms with van der Waals surface area (Å²) in [6, 6.07) is 20.3. The van der Waals surface area contributed by atoms with Crippen LogP contribution in [0.4, 0.5) is 17.2 Å². The maximum absolute atomic E-state index is 12.3. The van der Waals surface area contributed by atoms with Crippen LogP contribution in [0.5, 0.6) is 5.75 Å². The molecular formula is C25H28N4O2. The van der Waals surface area contributed by atoms with E-state index in [0.717, 1.165) is 48.9 Å². The first-order valence-corrected chi connectivity index (χ1v) is 10.6. The SMILES string of the molecule is Cc1ccc(C)c(OCC(=O)Nc2ccc(N3CCN(c4ccccc4)CC3)nc2)c1. The van der Waals surface area contributed by atoms with Gasteiger partial charge in [0, 0.05) is 31.9 Å². The number of amides is 1. The molecule has 1 aliphatic heterocycles. The lowest BCUT2D eigenvalue weighted by Gasteiger charge is -2.36. The number of nitrogens with zero attached hydrogens (tertiary/aromatic N) is 3. The van der Waals surface area contributed by atoms with Gasteiger partial charge in [0.05, 0.1) is 11.9 Å². The van der Waals surface area contributed by atoms with Gasteiger partial charge in [-0.2, -0.15) is 0 Å². The zero-order valence-corrected chi connectivity index (χ0v) is 18.0. The third-order valence-corrected chi connectivity index (χ3v) is 5.46. The first-order chi connectivity index (χ1) is 15.1. The highest BCUT2D eigenvalue weighted by molar-refractivity contribution is 5.91. The van der Waals surface area contributed by atoms with Crippen LogP contribution in [-0.4, -0.2) is 43.7 Å². The second-order valence-electron chi connectivity index (χ2n) is 7.82. The maximum Gasteiger partial charge on any atom is 0.262 e. The lowest BCUT2D eigenvalue weighted by Crippen LogP contribution is -2.46. The second-order valence-corrected chi connectivity index (χ2v) is 7.82. The van der Waals surface area contributed by atoms with Crippen molar-refractivity contribution in [1.29, 1.82) is 0 Å². The van der Waals surface area contributed by atoms with E-state index in [1.54, 1.807) is 6.20 Å². The molecule has 1 amide bonds. The monoisotopic (exact) mass is 416 g/mol. The van der Waals surface area contributed by atoms with E-state index in [0.29, 0.717) is 5.69 Å². The van der Waals surface area contributed by atoms with E-state index < -0.39 is 0 Å². The maximum atomic E-state index is 12.3. The molecule has 0 unspecified atom stereocenters. The van der Waals surface area contributed by atoms with Crippen molar-refractivity contribution in [3.8, 4) is 5.75 Å². The smallest absolute Gasteiger partial charge is 0.262 e. The lowest BCUT2D eigenvalue weighted by atomic mass is 10.1. The van der Waals surface area contributed by atoms with Crippen LogP contribution in [-0.2, 0) is 4.79 Å². The molecule has 1 N–H and O–H groups in total. The third-order valence-electron chi connectivity index (χ3n) is 5.46. The van der Waals surface area contributed by atoms with Crippen molar-refractivity contribution >= 4 is 23.1 Å². The molecule has 3 aromatic rings. The number of ether oxygens (including phenoxy) is 1. The fourth-order valence-electron chi connectivity index (χ4n) is 3.68. The molecule has 0 bridgehead atoms. The van der Waals surface area contributed by atoms with Gasteiger partial charge in [0.15, 0.2) is 6.61 Å². The second kappa shape index (κ2) is 9.51. The fourth-order valence-corrected chi connectivity index (χ4v) is 3.68. The van der Waals surface area contributed by atoms with Crippen molar-refractivity contribution in [2.45, 2.75) is 13.8 Å². The topological polar surface area (TPSA) is 57.7 Å². The highest BCUT2D eigenvalue weighted by atomic mass is 16.5. The van der Waals surface area contributed by atoms with E-state index >= 15 is 0 Å². The molecule has 1 aromatic heterocycles. The van der Waals surface area contributed by atoms with Gasteiger partial charge in [0.1, 0.15) is 11.6 Å². The number of carbonyl (C=O) groups excluding carboxylic acids is 1. The van der Waals surface area contributed by atoms with E-state index in [-0.39, 0.29) is 12.5 Å². The van der Waals surface area contributed by atoms with E-state index in [4.69, 9.17) is 4.74 Å². The Hall–Kier alpha value is -3.54. The molecule has 2 heterocycles. The first-order valence-electron chi connectivity index (χ1n) is 10.6. The molecule has 0 radical (unpaired) electrons. The molecule has 0 atom stereocenters. The minimum Gasteiger partial charge on any atom is -0.483 e. The van der Waals surface area contributed by atoms with Gasteiger partial charge >= 0.3 is 0 Å². The highest BCUT2D eigenvalue weighted by Crippen LogP contribution is 2.21. The Bertz CT molecular complexity index is 1010. The molecule has 4 rings (SSSR count). The number of nitrogens with one attached hydrogen (secondary N) is 1. The number of hydrogen-bond acceptors (Lipinski definition) is 5. The molecule has 31 heavy (non-hydrogen) atoms. The Morgan fingerprint density at radius 3 is 2.42 bits per heavy atom. The molecule has 1 fully saturated rings. The first kappa shape index (κ1) is 20.7. The van der Waals surface area contributed by atoms with Gasteiger partial charge in [-0.25, -0.2) is 4.98 Å². The van der Waals surface area contributed by atoms with Crippen molar-refractivity contribution in [2.75, 3.05) is 47.9 Å². The van der Waals surface area contributed by atoms with Gasteiger partial charge in [0.25, 0.3) is 5.91 Å². The quantitative estimate of drug-likeness (QED) is 0.657. The number of aryl methyl sites for hydroxylation is 2. The summed E-state index contributed by atoms with van der Waals surface area (Å²) in [5.41, 5.74) is 4.04. The predicted molar refractivity (Wildman–Crippen MR) is 125 cm³/mol. The number of benzene rings is 2. The molecule has 0 saturated carbocycles. The van der Waals surface area contributed by atoms with Crippen LogP contribution in [0.2, 0.25) is 0 Å². The van der Waals surface area contributed by atoms with Crippen LogP contribution in [0.1, 0.15) is 11.1 Å². The number of para-hydroxylation sites is 1. The van der Waals surface area contributed by atoms with Gasteiger partial charge in [-0.3, -0.25) is 4.79 Å². The van der Waals surface area contributed by atoms with Gasteiger partial charge in [0.2, 0.25) is 0 Å². The summed E-state index contributed by atoms with van der Waals surface area (Å²) in [5, 5.41) is 2.85. The molecular weight excluding hydrogens is 388 g/mol. The number of piperazine rings is 1. The van der Waals surface area contributed by atoms with Crippen LogP contribution in [0, 0.1) is 13.8 Å². The highest BCUT2D eigenvalue weighted by Gasteiger charge is 2.18. The molecule has 0 aliphatic carbocycles. The summed E-state index contributed by atoms with van der Waals surface area (Å²) in [5.74, 6) is 1.46. The third kappa shape index (κ3) is 5.34. The largest absolute Gasteiger partial charge is 0.483 e. The average Bonchev–Trinajstić information content (AvgIpc) is 2.81. The summed E-state index contributed by atoms with van der Waals surface area (Å²) in [4.78, 5) is 21.5. The molecule has 2 aromatic carbocycles. The summed E-state index contributed by atoms with van der Waals surface area (Å²) < 4.78 is 5.67. The number of rotatable bonds is 6. The number of aromatic nitrogens is 1. The van der Waals surface area contributed by atoms with E-state index in [9.17, 15) is 4.79 Å². The summed E-state index contributed by atoms with van der Waals surface area (Å²) in [6.07, 6.45) is 1.70. The number of carbonyl (C=O) groups is 1. The summed E-state index contributed by atoms with van der Waals surface area (Å²) in [6.45, 7) is 7.68. The fraction of sp³-hybridized carbons (Fsp3) is 0.280. The van der Waals surface area contributed by atoms with Crippen LogP contribution < -0.4 is 19.9 Å². The van der Waals surface area contributed by atoms with E-state index in [1.807, 2.05) is 50.2 Å². The van der Waals surface area contributed by atoms with Crippen molar-refractivity contribution in [2.24, 2.45) is 0 Å². The Labute approximate surface area is 183 Å². The van der Waals surface area contributed by atoms with Crippen LogP contribution in [0.15, 0.2) is 66.9 Å². The molecule has 160 valence electrons. The lowest BCUT2D eigenvalue weighted by molar-refractivity contribution is -0.118. The summed E-state index contributed by atoms with van der Waals surface area (Å²) >= 11 is 0. The predicted octanol–water partition coefficient (Wildman–Crippen LogP) is 4.04. The zero-order chi connectivity index (χ0) is 21.6. The molecule has 6 heteroatoms. The molecule has 0 spiro atoms. The normalized spacial score (nSPS) is 13.7. The Kier molecular flexibility index (Phi) is 6.36. The molecule has 1 saturated heterocycles. The Morgan fingerprint density at radius 1 is 0.968 bits per heavy atom. The summed E-state index contributed by atoms with van der Waals surface area (Å²) in [7, 11) is 0. The van der Waals surface area contributed by atoms with Crippen molar-refractivity contribution in [3.05, 3.63) is 78.0 Å². The standard InChI is InChI=1S/C25H28N4O2/c1-19-8-9-20(2)23(16-19)31-18-25(30)27-21-10-11-24(26-17-21)29-14-12-28(13-15-29)22-6-4-3-5-7-22/h3-11,16-17H,12-15,18H2,1-2H3,(H,27,30).